The van der Waals surface area contributed by atoms with Crippen LogP contribution in [-0.4, -0.2) is 61.4 Å². The smallest absolute Gasteiger partial charge is 0.351 e. The van der Waals surface area contributed by atoms with Crippen LogP contribution < -0.4 is 0 Å². The molecule has 15 nitrogen and oxygen atoms in total. The van der Waals surface area contributed by atoms with Crippen LogP contribution in [0.15, 0.2) is 24.4 Å². The predicted octanol–water partition coefficient (Wildman–Crippen LogP) is 2.88. The van der Waals surface area contributed by atoms with Gasteiger partial charge in [0, 0.05) is 39.6 Å². The van der Waals surface area contributed by atoms with Crippen LogP contribution in [0.3, 0.4) is 0 Å². The van der Waals surface area contributed by atoms with Crippen molar-refractivity contribution < 1.29 is 65.4 Å². The molecule has 0 aliphatic carbocycles. The zero-order valence-corrected chi connectivity index (χ0v) is 22.5. The number of pyridine rings is 1. The monoisotopic (exact) mass is 569 g/mol. The SMILES string of the molecule is CC(=O)OCOP(=O)(OCOC(C)=O)C(CCc1ccccn1)P(=O)(OCOC(C)=O)OCOC(C)=O. The topological polar surface area (TPSA) is 189 Å². The fourth-order valence-electron chi connectivity index (χ4n) is 2.46. The van der Waals surface area contributed by atoms with Crippen LogP contribution in [0, 0.1) is 0 Å². The number of aryl methyl sites for hydroxylation is 1. The van der Waals surface area contributed by atoms with E-state index in [0.717, 1.165) is 27.7 Å². The van der Waals surface area contributed by atoms with E-state index in [1.54, 1.807) is 18.2 Å². The van der Waals surface area contributed by atoms with Gasteiger partial charge in [0.15, 0.2) is 5.40 Å². The van der Waals surface area contributed by atoms with Crippen molar-refractivity contribution in [3.63, 3.8) is 0 Å². The minimum atomic E-state index is -4.70. The number of hydrogen-bond acceptors (Lipinski definition) is 15. The standard InChI is InChI=1S/C20H29NO14P2/c1-15(22)28-11-32-36(26,33-12-29-16(2)23)20(9-8-19-7-5-6-10-21-19)37(27,34-13-30-17(3)24)35-14-31-18(4)25/h5-7,10,20H,8-9,11-14H2,1-4H3. The third-order valence-electron chi connectivity index (χ3n) is 4.09. The fraction of sp³-hybridized carbons (Fsp3) is 0.550. The number of rotatable bonds is 17. The Kier molecular flexibility index (Phi) is 14.2. The summed E-state index contributed by atoms with van der Waals surface area (Å²) in [6, 6.07) is 4.97. The molecule has 0 N–H and O–H groups in total. The van der Waals surface area contributed by atoms with Crippen LogP contribution in [0.2, 0.25) is 0 Å². The van der Waals surface area contributed by atoms with Gasteiger partial charge in [-0.05, 0) is 25.0 Å². The summed E-state index contributed by atoms with van der Waals surface area (Å²) in [6.45, 7) is 0.621. The van der Waals surface area contributed by atoms with E-state index in [9.17, 15) is 28.3 Å². The minimum absolute atomic E-state index is 0.0290. The first kappa shape index (κ1) is 32.4. The number of nitrogens with zero attached hydrogens (tertiary/aromatic N) is 1. The molecule has 1 heterocycles. The molecule has 0 unspecified atom stereocenters. The number of esters is 4. The van der Waals surface area contributed by atoms with Gasteiger partial charge in [-0.2, -0.15) is 0 Å². The lowest BCUT2D eigenvalue weighted by atomic mass is 10.2. The van der Waals surface area contributed by atoms with Crippen molar-refractivity contribution in [1.29, 1.82) is 0 Å². The molecule has 0 bridgehead atoms. The zero-order valence-electron chi connectivity index (χ0n) is 20.7. The third-order valence-corrected chi connectivity index (χ3v) is 9.63. The lowest BCUT2D eigenvalue weighted by Gasteiger charge is -2.31. The summed E-state index contributed by atoms with van der Waals surface area (Å²) in [5.74, 6) is -3.18. The first-order valence-electron chi connectivity index (χ1n) is 10.6. The molecule has 208 valence electrons. The van der Waals surface area contributed by atoms with Crippen LogP contribution >= 0.6 is 15.2 Å². The summed E-state index contributed by atoms with van der Waals surface area (Å²) >= 11 is 0. The number of carbonyl (C=O) groups excluding carboxylic acids is 4. The summed E-state index contributed by atoms with van der Waals surface area (Å²) in [4.78, 5) is 49.0. The Bertz CT molecular complexity index is 896. The van der Waals surface area contributed by atoms with Crippen molar-refractivity contribution in [2.45, 2.75) is 45.9 Å². The molecule has 0 amide bonds. The van der Waals surface area contributed by atoms with Gasteiger partial charge >= 0.3 is 39.1 Å². The van der Waals surface area contributed by atoms with Crippen LogP contribution in [0.1, 0.15) is 39.8 Å². The molecule has 0 saturated carbocycles. The highest BCUT2D eigenvalue weighted by atomic mass is 31.2. The van der Waals surface area contributed by atoms with Crippen LogP contribution in [-0.2, 0) is 71.8 Å². The Morgan fingerprint density at radius 1 is 0.703 bits per heavy atom. The first-order valence-corrected chi connectivity index (χ1v) is 13.8. The van der Waals surface area contributed by atoms with Crippen molar-refractivity contribution in [2.24, 2.45) is 0 Å². The molecule has 1 aromatic rings. The molecule has 0 aliphatic heterocycles. The second-order valence-corrected chi connectivity index (χ2v) is 11.8. The highest BCUT2D eigenvalue weighted by Crippen LogP contribution is 2.71. The van der Waals surface area contributed by atoms with Gasteiger partial charge in [0.25, 0.3) is 0 Å². The highest BCUT2D eigenvalue weighted by Gasteiger charge is 2.52. The molecular weight excluding hydrogens is 540 g/mol. The number of ether oxygens (including phenoxy) is 4. The number of carbonyl (C=O) groups is 4. The zero-order chi connectivity index (χ0) is 27.9. The van der Waals surface area contributed by atoms with Crippen LogP contribution in [0.5, 0.6) is 0 Å². The molecule has 0 radical (unpaired) electrons. The van der Waals surface area contributed by atoms with Crippen molar-refractivity contribution in [1.82, 2.24) is 4.98 Å². The Balaban J connectivity index is 3.43. The van der Waals surface area contributed by atoms with Gasteiger partial charge in [-0.15, -0.1) is 0 Å². The van der Waals surface area contributed by atoms with E-state index in [2.05, 4.69) is 23.9 Å². The Morgan fingerprint density at radius 3 is 1.38 bits per heavy atom. The maximum atomic E-state index is 13.9. The van der Waals surface area contributed by atoms with Gasteiger partial charge in [-0.1, -0.05) is 6.07 Å². The van der Waals surface area contributed by atoms with Crippen LogP contribution in [0.25, 0.3) is 0 Å². The van der Waals surface area contributed by atoms with E-state index in [0.29, 0.717) is 5.69 Å². The van der Waals surface area contributed by atoms with E-state index >= 15 is 0 Å². The Morgan fingerprint density at radius 2 is 1.08 bits per heavy atom. The quantitative estimate of drug-likeness (QED) is 0.115. The average molecular weight is 569 g/mol. The molecular formula is C20H29NO14P2. The van der Waals surface area contributed by atoms with E-state index in [-0.39, 0.29) is 12.8 Å². The third kappa shape index (κ3) is 12.9. The second kappa shape index (κ2) is 16.2. The van der Waals surface area contributed by atoms with Crippen molar-refractivity contribution >= 4 is 39.1 Å². The molecule has 0 aliphatic rings. The Hall–Kier alpha value is -2.67. The number of hydrogen-bond donors (Lipinski definition) is 0. The second-order valence-electron chi connectivity index (χ2n) is 6.95. The van der Waals surface area contributed by atoms with Gasteiger partial charge in [0.1, 0.15) is 0 Å². The lowest BCUT2D eigenvalue weighted by molar-refractivity contribution is -0.151. The summed E-state index contributed by atoms with van der Waals surface area (Å²) in [5.41, 5.74) is 0.477. The predicted molar refractivity (Wildman–Crippen MR) is 122 cm³/mol. The molecule has 0 saturated heterocycles. The lowest BCUT2D eigenvalue weighted by Crippen LogP contribution is -2.22. The average Bonchev–Trinajstić information content (AvgIpc) is 2.79. The van der Waals surface area contributed by atoms with Gasteiger partial charge in [0.2, 0.25) is 27.2 Å². The maximum Gasteiger partial charge on any atom is 0.351 e. The summed E-state index contributed by atoms with van der Waals surface area (Å²) in [7, 11) is -9.41. The van der Waals surface area contributed by atoms with Gasteiger partial charge in [0.05, 0.1) is 0 Å². The molecule has 37 heavy (non-hydrogen) atoms. The largest absolute Gasteiger partial charge is 0.438 e. The minimum Gasteiger partial charge on any atom is -0.438 e. The number of aromatic nitrogens is 1. The van der Waals surface area contributed by atoms with Crippen molar-refractivity contribution in [3.05, 3.63) is 30.1 Å². The molecule has 0 spiro atoms. The summed E-state index contributed by atoms with van der Waals surface area (Å²) in [5, 5.41) is -1.79. The molecule has 17 heteroatoms. The molecule has 0 aromatic carbocycles. The van der Waals surface area contributed by atoms with Crippen molar-refractivity contribution in [3.8, 4) is 0 Å². The highest BCUT2D eigenvalue weighted by molar-refractivity contribution is 7.72. The molecule has 1 aromatic heterocycles. The van der Waals surface area contributed by atoms with E-state index < -0.39 is 71.6 Å². The molecule has 0 atom stereocenters. The van der Waals surface area contributed by atoms with E-state index in [4.69, 9.17) is 18.1 Å². The molecule has 1 rings (SSSR count). The maximum absolute atomic E-state index is 13.9. The molecule has 0 fully saturated rings. The Labute approximate surface area is 213 Å². The summed E-state index contributed by atoms with van der Waals surface area (Å²) in [6.07, 6.45) is 1.22. The van der Waals surface area contributed by atoms with Gasteiger partial charge in [-0.25, -0.2) is 0 Å². The normalized spacial score (nSPS) is 11.6. The first-order chi connectivity index (χ1) is 17.4. The van der Waals surface area contributed by atoms with Crippen molar-refractivity contribution in [2.75, 3.05) is 27.2 Å². The fourth-order valence-corrected chi connectivity index (χ4v) is 7.17. The van der Waals surface area contributed by atoms with Gasteiger partial charge in [-0.3, -0.25) is 51.4 Å². The van der Waals surface area contributed by atoms with E-state index in [1.807, 2.05) is 0 Å². The van der Waals surface area contributed by atoms with Gasteiger partial charge < -0.3 is 18.9 Å². The summed E-state index contributed by atoms with van der Waals surface area (Å²) < 4.78 is 67.4. The van der Waals surface area contributed by atoms with E-state index in [1.165, 1.54) is 6.20 Å². The van der Waals surface area contributed by atoms with Crippen LogP contribution in [0.4, 0.5) is 0 Å².